The first-order valence-corrected chi connectivity index (χ1v) is 6.96. The SMILES string of the molecule is Cc1ccccc1[C@H](C)NC(C)c1ccsc1. The van der Waals surface area contributed by atoms with E-state index in [-0.39, 0.29) is 0 Å². The number of hydrogen-bond acceptors (Lipinski definition) is 2. The number of rotatable bonds is 4. The van der Waals surface area contributed by atoms with E-state index in [0.717, 1.165) is 0 Å². The van der Waals surface area contributed by atoms with E-state index in [1.807, 2.05) is 0 Å². The molecule has 0 aliphatic heterocycles. The summed E-state index contributed by atoms with van der Waals surface area (Å²) in [6, 6.07) is 11.5. The minimum atomic E-state index is 0.381. The molecule has 1 N–H and O–H groups in total. The maximum Gasteiger partial charge on any atom is 0.0305 e. The highest BCUT2D eigenvalue weighted by atomic mass is 32.1. The van der Waals surface area contributed by atoms with Gasteiger partial charge in [0.15, 0.2) is 0 Å². The summed E-state index contributed by atoms with van der Waals surface area (Å²) in [5.41, 5.74) is 4.11. The van der Waals surface area contributed by atoms with Crippen molar-refractivity contribution in [3.63, 3.8) is 0 Å². The third-order valence-electron chi connectivity index (χ3n) is 3.20. The Kier molecular flexibility index (Phi) is 3.97. The summed E-state index contributed by atoms with van der Waals surface area (Å²) in [5, 5.41) is 7.99. The summed E-state index contributed by atoms with van der Waals surface area (Å²) in [5.74, 6) is 0. The summed E-state index contributed by atoms with van der Waals surface area (Å²) >= 11 is 1.75. The fourth-order valence-corrected chi connectivity index (χ4v) is 2.91. The maximum atomic E-state index is 3.65. The Morgan fingerprint density at radius 2 is 1.82 bits per heavy atom. The average molecular weight is 245 g/mol. The van der Waals surface area contributed by atoms with Crippen molar-refractivity contribution in [3.8, 4) is 0 Å². The van der Waals surface area contributed by atoms with Crippen LogP contribution in [-0.4, -0.2) is 0 Å². The van der Waals surface area contributed by atoms with Crippen LogP contribution in [0.5, 0.6) is 0 Å². The molecule has 0 saturated heterocycles. The molecule has 1 aromatic heterocycles. The summed E-state index contributed by atoms with van der Waals surface area (Å²) in [4.78, 5) is 0. The summed E-state index contributed by atoms with van der Waals surface area (Å²) in [6.45, 7) is 6.62. The first-order valence-electron chi connectivity index (χ1n) is 6.02. The molecule has 0 bridgehead atoms. The zero-order chi connectivity index (χ0) is 12.3. The van der Waals surface area contributed by atoms with Crippen molar-refractivity contribution in [2.75, 3.05) is 0 Å². The Labute approximate surface area is 108 Å². The Morgan fingerprint density at radius 1 is 1.06 bits per heavy atom. The van der Waals surface area contributed by atoms with Crippen molar-refractivity contribution in [1.82, 2.24) is 5.32 Å². The third-order valence-corrected chi connectivity index (χ3v) is 3.90. The highest BCUT2D eigenvalue weighted by Crippen LogP contribution is 2.22. The molecule has 2 atom stereocenters. The summed E-state index contributed by atoms with van der Waals surface area (Å²) in [6.07, 6.45) is 0. The molecule has 0 amide bonds. The van der Waals surface area contributed by atoms with Gasteiger partial charge in [-0.25, -0.2) is 0 Å². The molecule has 1 aromatic carbocycles. The Morgan fingerprint density at radius 3 is 2.47 bits per heavy atom. The Bertz CT molecular complexity index is 462. The molecular formula is C15H19NS. The third kappa shape index (κ3) is 2.96. The second kappa shape index (κ2) is 5.48. The van der Waals surface area contributed by atoms with E-state index < -0.39 is 0 Å². The monoisotopic (exact) mass is 245 g/mol. The Hall–Kier alpha value is -1.12. The quantitative estimate of drug-likeness (QED) is 0.838. The lowest BCUT2D eigenvalue weighted by Gasteiger charge is -2.21. The van der Waals surface area contributed by atoms with Gasteiger partial charge in [-0.05, 0) is 54.3 Å². The van der Waals surface area contributed by atoms with E-state index in [9.17, 15) is 0 Å². The van der Waals surface area contributed by atoms with E-state index >= 15 is 0 Å². The molecule has 1 unspecified atom stereocenters. The lowest BCUT2D eigenvalue weighted by Crippen LogP contribution is -2.22. The number of thiophene rings is 1. The van der Waals surface area contributed by atoms with Gasteiger partial charge in [-0.3, -0.25) is 0 Å². The van der Waals surface area contributed by atoms with Gasteiger partial charge in [0.25, 0.3) is 0 Å². The predicted octanol–water partition coefficient (Wildman–Crippen LogP) is 4.47. The molecular weight excluding hydrogens is 226 g/mol. The minimum Gasteiger partial charge on any atom is -0.304 e. The van der Waals surface area contributed by atoms with Crippen LogP contribution < -0.4 is 5.32 Å². The first kappa shape index (κ1) is 12.3. The molecule has 1 heterocycles. The molecule has 2 aromatic rings. The molecule has 2 heteroatoms. The topological polar surface area (TPSA) is 12.0 Å². The summed E-state index contributed by atoms with van der Waals surface area (Å²) < 4.78 is 0. The van der Waals surface area contributed by atoms with E-state index in [1.54, 1.807) is 11.3 Å². The second-order valence-electron chi connectivity index (χ2n) is 4.52. The minimum absolute atomic E-state index is 0.381. The van der Waals surface area contributed by atoms with Gasteiger partial charge in [-0.15, -0.1) is 0 Å². The molecule has 0 spiro atoms. The van der Waals surface area contributed by atoms with Crippen LogP contribution in [0.3, 0.4) is 0 Å². The van der Waals surface area contributed by atoms with Crippen molar-refractivity contribution in [3.05, 3.63) is 57.8 Å². The van der Waals surface area contributed by atoms with E-state index in [2.05, 4.69) is 67.2 Å². The van der Waals surface area contributed by atoms with Crippen LogP contribution in [0.15, 0.2) is 41.1 Å². The lowest BCUT2D eigenvalue weighted by molar-refractivity contribution is 0.494. The van der Waals surface area contributed by atoms with Crippen molar-refractivity contribution in [2.45, 2.75) is 32.9 Å². The largest absolute Gasteiger partial charge is 0.304 e. The van der Waals surface area contributed by atoms with E-state index in [4.69, 9.17) is 0 Å². The van der Waals surface area contributed by atoms with Gasteiger partial charge < -0.3 is 5.32 Å². The van der Waals surface area contributed by atoms with Crippen LogP contribution in [0, 0.1) is 6.92 Å². The molecule has 0 aliphatic rings. The standard InChI is InChI=1S/C15H19NS/c1-11-6-4-5-7-15(11)13(3)16-12(2)14-8-9-17-10-14/h4-10,12-13,16H,1-3H3/t12?,13-/m0/s1. The van der Waals surface area contributed by atoms with Crippen LogP contribution in [0.4, 0.5) is 0 Å². The predicted molar refractivity (Wildman–Crippen MR) is 75.5 cm³/mol. The molecule has 0 saturated carbocycles. The van der Waals surface area contributed by atoms with Crippen molar-refractivity contribution < 1.29 is 0 Å². The molecule has 0 radical (unpaired) electrons. The van der Waals surface area contributed by atoms with E-state index in [1.165, 1.54) is 16.7 Å². The number of aryl methyl sites for hydroxylation is 1. The van der Waals surface area contributed by atoms with E-state index in [0.29, 0.717) is 12.1 Å². The fraction of sp³-hybridized carbons (Fsp3) is 0.333. The van der Waals surface area contributed by atoms with Gasteiger partial charge in [-0.2, -0.15) is 11.3 Å². The smallest absolute Gasteiger partial charge is 0.0305 e. The number of benzene rings is 1. The molecule has 0 fully saturated rings. The van der Waals surface area contributed by atoms with Crippen LogP contribution >= 0.6 is 11.3 Å². The first-order chi connectivity index (χ1) is 8.18. The molecule has 2 rings (SSSR count). The summed E-state index contributed by atoms with van der Waals surface area (Å²) in [7, 11) is 0. The molecule has 90 valence electrons. The van der Waals surface area contributed by atoms with Gasteiger partial charge in [0, 0.05) is 12.1 Å². The average Bonchev–Trinajstić information content (AvgIpc) is 2.82. The van der Waals surface area contributed by atoms with Crippen molar-refractivity contribution >= 4 is 11.3 Å². The van der Waals surface area contributed by atoms with Crippen LogP contribution in [0.25, 0.3) is 0 Å². The molecule has 0 aliphatic carbocycles. The van der Waals surface area contributed by atoms with Crippen molar-refractivity contribution in [2.24, 2.45) is 0 Å². The fourth-order valence-electron chi connectivity index (χ4n) is 2.16. The molecule has 1 nitrogen and oxygen atoms in total. The zero-order valence-corrected chi connectivity index (χ0v) is 11.4. The van der Waals surface area contributed by atoms with Crippen LogP contribution in [0.1, 0.15) is 42.6 Å². The van der Waals surface area contributed by atoms with Crippen LogP contribution in [-0.2, 0) is 0 Å². The normalized spacial score (nSPS) is 14.5. The van der Waals surface area contributed by atoms with Gasteiger partial charge in [-0.1, -0.05) is 24.3 Å². The van der Waals surface area contributed by atoms with Gasteiger partial charge in [0.1, 0.15) is 0 Å². The van der Waals surface area contributed by atoms with Crippen molar-refractivity contribution in [1.29, 1.82) is 0 Å². The number of nitrogens with one attached hydrogen (secondary N) is 1. The van der Waals surface area contributed by atoms with Gasteiger partial charge >= 0.3 is 0 Å². The van der Waals surface area contributed by atoms with Gasteiger partial charge in [0.2, 0.25) is 0 Å². The maximum absolute atomic E-state index is 3.65. The zero-order valence-electron chi connectivity index (χ0n) is 10.6. The molecule has 17 heavy (non-hydrogen) atoms. The highest BCUT2D eigenvalue weighted by Gasteiger charge is 2.12. The van der Waals surface area contributed by atoms with Gasteiger partial charge in [0.05, 0.1) is 0 Å². The van der Waals surface area contributed by atoms with Crippen LogP contribution in [0.2, 0.25) is 0 Å². The Balaban J connectivity index is 2.07. The number of hydrogen-bond donors (Lipinski definition) is 1. The second-order valence-corrected chi connectivity index (χ2v) is 5.30. The highest BCUT2D eigenvalue weighted by molar-refractivity contribution is 7.07. The lowest BCUT2D eigenvalue weighted by atomic mass is 10.0.